The standard InChI is InChI=1S/C14H21BrN2O/c1-2-14-10-17(4-3-5-18-14)13-7-11(9-16)6-12(15)8-13/h6-8,14H,2-5,9-10,16H2,1H3. The molecule has 100 valence electrons. The Morgan fingerprint density at radius 2 is 2.28 bits per heavy atom. The molecule has 0 amide bonds. The topological polar surface area (TPSA) is 38.5 Å². The van der Waals surface area contributed by atoms with Crippen molar-refractivity contribution in [3.05, 3.63) is 28.2 Å². The van der Waals surface area contributed by atoms with Crippen LogP contribution in [0, 0.1) is 0 Å². The minimum atomic E-state index is 0.341. The molecular formula is C14H21BrN2O. The van der Waals surface area contributed by atoms with E-state index in [0.717, 1.165) is 42.6 Å². The SMILES string of the molecule is CCC1CN(c2cc(Br)cc(CN)c2)CCCO1. The summed E-state index contributed by atoms with van der Waals surface area (Å²) in [7, 11) is 0. The number of hydrogen-bond acceptors (Lipinski definition) is 3. The first-order valence-corrected chi connectivity index (χ1v) is 7.38. The minimum Gasteiger partial charge on any atom is -0.376 e. The fourth-order valence-corrected chi connectivity index (χ4v) is 2.84. The number of anilines is 1. The van der Waals surface area contributed by atoms with Gasteiger partial charge in [-0.15, -0.1) is 0 Å². The summed E-state index contributed by atoms with van der Waals surface area (Å²) in [5.41, 5.74) is 8.15. The molecule has 18 heavy (non-hydrogen) atoms. The van der Waals surface area contributed by atoms with E-state index in [0.29, 0.717) is 12.6 Å². The predicted molar refractivity (Wildman–Crippen MR) is 78.9 cm³/mol. The van der Waals surface area contributed by atoms with Crippen molar-refractivity contribution in [2.75, 3.05) is 24.6 Å². The third-order valence-corrected chi connectivity index (χ3v) is 3.81. The van der Waals surface area contributed by atoms with Crippen LogP contribution in [0.1, 0.15) is 25.3 Å². The summed E-state index contributed by atoms with van der Waals surface area (Å²) in [6.45, 7) is 5.65. The first kappa shape index (κ1) is 13.8. The highest BCUT2D eigenvalue weighted by Crippen LogP contribution is 2.25. The quantitative estimate of drug-likeness (QED) is 0.932. The maximum atomic E-state index is 5.81. The van der Waals surface area contributed by atoms with Crippen LogP contribution in [0.2, 0.25) is 0 Å². The molecule has 0 saturated carbocycles. The molecule has 0 aromatic heterocycles. The van der Waals surface area contributed by atoms with Crippen LogP contribution in [0.3, 0.4) is 0 Å². The highest BCUT2D eigenvalue weighted by atomic mass is 79.9. The summed E-state index contributed by atoms with van der Waals surface area (Å²) in [5, 5.41) is 0. The van der Waals surface area contributed by atoms with Crippen LogP contribution in [0.15, 0.2) is 22.7 Å². The van der Waals surface area contributed by atoms with Crippen molar-refractivity contribution in [3.8, 4) is 0 Å². The Labute approximate surface area is 117 Å². The van der Waals surface area contributed by atoms with Crippen LogP contribution in [0.4, 0.5) is 5.69 Å². The van der Waals surface area contributed by atoms with Gasteiger partial charge in [0.1, 0.15) is 0 Å². The zero-order valence-corrected chi connectivity index (χ0v) is 12.4. The van der Waals surface area contributed by atoms with Crippen molar-refractivity contribution in [1.82, 2.24) is 0 Å². The average Bonchev–Trinajstić information content (AvgIpc) is 2.63. The van der Waals surface area contributed by atoms with Gasteiger partial charge in [-0.3, -0.25) is 0 Å². The first-order chi connectivity index (χ1) is 8.72. The second-order valence-corrected chi connectivity index (χ2v) is 5.64. The van der Waals surface area contributed by atoms with E-state index in [9.17, 15) is 0 Å². The van der Waals surface area contributed by atoms with E-state index < -0.39 is 0 Å². The second kappa shape index (κ2) is 6.55. The Bertz CT molecular complexity index is 397. The van der Waals surface area contributed by atoms with E-state index in [2.05, 4.69) is 46.0 Å². The monoisotopic (exact) mass is 312 g/mol. The van der Waals surface area contributed by atoms with Gasteiger partial charge in [0.25, 0.3) is 0 Å². The molecule has 2 rings (SSSR count). The number of rotatable bonds is 3. The molecule has 1 aromatic rings. The summed E-state index contributed by atoms with van der Waals surface area (Å²) in [4.78, 5) is 2.41. The Hall–Kier alpha value is -0.580. The molecule has 1 unspecified atom stereocenters. The smallest absolute Gasteiger partial charge is 0.0747 e. The van der Waals surface area contributed by atoms with Crippen LogP contribution < -0.4 is 10.6 Å². The maximum Gasteiger partial charge on any atom is 0.0747 e. The van der Waals surface area contributed by atoms with E-state index in [4.69, 9.17) is 10.5 Å². The summed E-state index contributed by atoms with van der Waals surface area (Å²) >= 11 is 3.56. The number of ether oxygens (including phenoxy) is 1. The molecule has 0 spiro atoms. The number of nitrogens with zero attached hydrogens (tertiary/aromatic N) is 1. The van der Waals surface area contributed by atoms with Crippen molar-refractivity contribution in [2.24, 2.45) is 5.73 Å². The molecule has 0 bridgehead atoms. The number of benzene rings is 1. The Morgan fingerprint density at radius 3 is 3.00 bits per heavy atom. The van der Waals surface area contributed by atoms with E-state index in [-0.39, 0.29) is 0 Å². The number of nitrogens with two attached hydrogens (primary N) is 1. The van der Waals surface area contributed by atoms with Gasteiger partial charge in [-0.1, -0.05) is 22.9 Å². The molecular weight excluding hydrogens is 292 g/mol. The fraction of sp³-hybridized carbons (Fsp3) is 0.571. The van der Waals surface area contributed by atoms with Gasteiger partial charge >= 0.3 is 0 Å². The molecule has 3 nitrogen and oxygen atoms in total. The van der Waals surface area contributed by atoms with E-state index >= 15 is 0 Å². The van der Waals surface area contributed by atoms with Crippen LogP contribution in [-0.4, -0.2) is 25.8 Å². The zero-order valence-electron chi connectivity index (χ0n) is 10.9. The molecule has 1 aromatic carbocycles. The van der Waals surface area contributed by atoms with Crippen LogP contribution in [0.25, 0.3) is 0 Å². The van der Waals surface area contributed by atoms with Gasteiger partial charge in [0.05, 0.1) is 6.10 Å². The molecule has 1 aliphatic rings. The van der Waals surface area contributed by atoms with Gasteiger partial charge in [-0.2, -0.15) is 0 Å². The highest BCUT2D eigenvalue weighted by Gasteiger charge is 2.18. The van der Waals surface area contributed by atoms with Crippen molar-refractivity contribution < 1.29 is 4.74 Å². The average molecular weight is 313 g/mol. The molecule has 1 fully saturated rings. The lowest BCUT2D eigenvalue weighted by Gasteiger charge is -2.26. The van der Waals surface area contributed by atoms with Crippen molar-refractivity contribution in [2.45, 2.75) is 32.4 Å². The molecule has 1 aliphatic heterocycles. The zero-order chi connectivity index (χ0) is 13.0. The van der Waals surface area contributed by atoms with Gasteiger partial charge in [0.2, 0.25) is 0 Å². The predicted octanol–water partition coefficient (Wildman–Crippen LogP) is 2.91. The maximum absolute atomic E-state index is 5.81. The number of hydrogen-bond donors (Lipinski definition) is 1. The molecule has 0 radical (unpaired) electrons. The highest BCUT2D eigenvalue weighted by molar-refractivity contribution is 9.10. The Morgan fingerprint density at radius 1 is 1.44 bits per heavy atom. The lowest BCUT2D eigenvalue weighted by Crippen LogP contribution is -2.31. The second-order valence-electron chi connectivity index (χ2n) is 4.72. The van der Waals surface area contributed by atoms with Gasteiger partial charge < -0.3 is 15.4 Å². The van der Waals surface area contributed by atoms with E-state index in [1.165, 1.54) is 5.69 Å². The lowest BCUT2D eigenvalue weighted by molar-refractivity contribution is 0.0664. The Balaban J connectivity index is 2.20. The molecule has 1 heterocycles. The molecule has 1 saturated heterocycles. The minimum absolute atomic E-state index is 0.341. The Kier molecular flexibility index (Phi) is 5.03. The normalized spacial score (nSPS) is 20.8. The summed E-state index contributed by atoms with van der Waals surface area (Å²) < 4.78 is 6.91. The van der Waals surface area contributed by atoms with Gasteiger partial charge in [-0.05, 0) is 36.6 Å². The van der Waals surface area contributed by atoms with Gasteiger partial charge in [-0.25, -0.2) is 0 Å². The van der Waals surface area contributed by atoms with Crippen LogP contribution in [-0.2, 0) is 11.3 Å². The largest absolute Gasteiger partial charge is 0.376 e. The van der Waals surface area contributed by atoms with Crippen molar-refractivity contribution in [3.63, 3.8) is 0 Å². The molecule has 2 N–H and O–H groups in total. The fourth-order valence-electron chi connectivity index (χ4n) is 2.31. The molecule has 0 aliphatic carbocycles. The van der Waals surface area contributed by atoms with E-state index in [1.807, 2.05) is 0 Å². The summed E-state index contributed by atoms with van der Waals surface area (Å²) in [6, 6.07) is 6.43. The third kappa shape index (κ3) is 3.46. The van der Waals surface area contributed by atoms with Crippen molar-refractivity contribution >= 4 is 21.6 Å². The first-order valence-electron chi connectivity index (χ1n) is 6.59. The van der Waals surface area contributed by atoms with Crippen LogP contribution in [0.5, 0.6) is 0 Å². The number of halogens is 1. The molecule has 4 heteroatoms. The van der Waals surface area contributed by atoms with E-state index in [1.54, 1.807) is 0 Å². The lowest BCUT2D eigenvalue weighted by atomic mass is 10.1. The molecule has 1 atom stereocenters. The van der Waals surface area contributed by atoms with Crippen LogP contribution >= 0.6 is 15.9 Å². The summed E-state index contributed by atoms with van der Waals surface area (Å²) in [5.74, 6) is 0. The van der Waals surface area contributed by atoms with Gasteiger partial charge in [0, 0.05) is 36.4 Å². The third-order valence-electron chi connectivity index (χ3n) is 3.35. The van der Waals surface area contributed by atoms with Gasteiger partial charge in [0.15, 0.2) is 0 Å². The van der Waals surface area contributed by atoms with Crippen molar-refractivity contribution in [1.29, 1.82) is 0 Å². The summed E-state index contributed by atoms with van der Waals surface area (Å²) in [6.07, 6.45) is 2.49.